The summed E-state index contributed by atoms with van der Waals surface area (Å²) in [5.41, 5.74) is -0.157. The molecule has 1 saturated heterocycles. The average molecular weight is 201 g/mol. The summed E-state index contributed by atoms with van der Waals surface area (Å²) in [6.45, 7) is 6.98. The highest BCUT2D eigenvalue weighted by atomic mass is 32.2. The summed E-state index contributed by atoms with van der Waals surface area (Å²) in [4.78, 5) is 13.8. The molecule has 0 radical (unpaired) electrons. The fourth-order valence-electron chi connectivity index (χ4n) is 1.46. The van der Waals surface area contributed by atoms with Gasteiger partial charge in [0.25, 0.3) is 0 Å². The topological polar surface area (TPSA) is 20.3 Å². The maximum absolute atomic E-state index is 11.9. The molecule has 0 unspecified atom stereocenters. The Morgan fingerprint density at radius 1 is 1.54 bits per heavy atom. The summed E-state index contributed by atoms with van der Waals surface area (Å²) in [6.07, 6.45) is 0. The third-order valence-electron chi connectivity index (χ3n) is 3.03. The predicted octanol–water partition coefficient (Wildman–Crippen LogP) is 1.85. The van der Waals surface area contributed by atoms with Gasteiger partial charge in [-0.05, 0) is 24.3 Å². The molecule has 0 aliphatic carbocycles. The molecule has 1 fully saturated rings. The van der Waals surface area contributed by atoms with E-state index in [1.807, 2.05) is 30.6 Å². The van der Waals surface area contributed by atoms with Crippen LogP contribution >= 0.6 is 11.8 Å². The van der Waals surface area contributed by atoms with Gasteiger partial charge < -0.3 is 4.90 Å². The largest absolute Gasteiger partial charge is 0.346 e. The van der Waals surface area contributed by atoms with Crippen molar-refractivity contribution in [3.8, 4) is 0 Å². The van der Waals surface area contributed by atoms with E-state index < -0.39 is 0 Å². The summed E-state index contributed by atoms with van der Waals surface area (Å²) in [5.74, 6) is 3.17. The van der Waals surface area contributed by atoms with Crippen molar-refractivity contribution in [2.45, 2.75) is 20.8 Å². The van der Waals surface area contributed by atoms with Crippen molar-refractivity contribution in [3.63, 3.8) is 0 Å². The van der Waals surface area contributed by atoms with E-state index in [1.165, 1.54) is 0 Å². The Labute approximate surface area is 85.1 Å². The van der Waals surface area contributed by atoms with Crippen molar-refractivity contribution in [2.75, 3.05) is 25.1 Å². The SMILES string of the molecule is CCN(C)C(=O)C(C)(C)C1CSC1. The monoisotopic (exact) mass is 201 g/mol. The van der Waals surface area contributed by atoms with E-state index in [9.17, 15) is 4.79 Å². The first-order valence-electron chi connectivity index (χ1n) is 4.83. The quantitative estimate of drug-likeness (QED) is 0.694. The van der Waals surface area contributed by atoms with Crippen molar-refractivity contribution < 1.29 is 4.79 Å². The zero-order chi connectivity index (χ0) is 10.1. The zero-order valence-corrected chi connectivity index (χ0v) is 9.78. The second-order valence-corrected chi connectivity index (χ2v) is 5.35. The molecule has 1 heterocycles. The first-order chi connectivity index (χ1) is 6.00. The highest BCUT2D eigenvalue weighted by Crippen LogP contribution is 2.40. The minimum Gasteiger partial charge on any atom is -0.346 e. The third-order valence-corrected chi connectivity index (χ3v) is 4.31. The molecule has 2 nitrogen and oxygen atoms in total. The Kier molecular flexibility index (Phi) is 3.28. The Morgan fingerprint density at radius 2 is 2.08 bits per heavy atom. The lowest BCUT2D eigenvalue weighted by molar-refractivity contribution is -0.141. The van der Waals surface area contributed by atoms with E-state index in [1.54, 1.807) is 0 Å². The summed E-state index contributed by atoms with van der Waals surface area (Å²) in [7, 11) is 1.88. The first-order valence-corrected chi connectivity index (χ1v) is 5.99. The van der Waals surface area contributed by atoms with Gasteiger partial charge in [0.2, 0.25) is 5.91 Å². The van der Waals surface area contributed by atoms with E-state index in [0.29, 0.717) is 11.8 Å². The Hall–Kier alpha value is -0.180. The minimum atomic E-state index is -0.157. The molecule has 0 bridgehead atoms. The van der Waals surface area contributed by atoms with Crippen LogP contribution in [0.2, 0.25) is 0 Å². The number of carbonyl (C=O) groups is 1. The van der Waals surface area contributed by atoms with E-state index in [2.05, 4.69) is 13.8 Å². The number of thioether (sulfide) groups is 1. The number of hydrogen-bond donors (Lipinski definition) is 0. The maximum atomic E-state index is 11.9. The molecular formula is C10H19NOS. The fourth-order valence-corrected chi connectivity index (χ4v) is 2.77. The van der Waals surface area contributed by atoms with Gasteiger partial charge in [0.1, 0.15) is 0 Å². The number of hydrogen-bond acceptors (Lipinski definition) is 2. The van der Waals surface area contributed by atoms with Gasteiger partial charge in [0.05, 0.1) is 0 Å². The van der Waals surface area contributed by atoms with Crippen LogP contribution in [0.15, 0.2) is 0 Å². The zero-order valence-electron chi connectivity index (χ0n) is 8.96. The molecule has 1 rings (SSSR count). The van der Waals surface area contributed by atoms with Gasteiger partial charge in [0.15, 0.2) is 0 Å². The van der Waals surface area contributed by atoms with Crippen molar-refractivity contribution in [2.24, 2.45) is 11.3 Å². The normalized spacial score (nSPS) is 18.2. The van der Waals surface area contributed by atoms with E-state index in [4.69, 9.17) is 0 Å². The lowest BCUT2D eigenvalue weighted by Crippen LogP contribution is -2.47. The molecule has 0 atom stereocenters. The summed E-state index contributed by atoms with van der Waals surface area (Å²) in [6, 6.07) is 0. The predicted molar refractivity (Wildman–Crippen MR) is 57.9 cm³/mol. The molecule has 1 aliphatic rings. The van der Waals surface area contributed by atoms with Gasteiger partial charge in [0, 0.05) is 19.0 Å². The van der Waals surface area contributed by atoms with Crippen molar-refractivity contribution in [1.29, 1.82) is 0 Å². The van der Waals surface area contributed by atoms with Gasteiger partial charge in [-0.3, -0.25) is 4.79 Å². The Morgan fingerprint density at radius 3 is 2.38 bits per heavy atom. The molecule has 3 heteroatoms. The summed E-state index contributed by atoms with van der Waals surface area (Å²) >= 11 is 1.94. The van der Waals surface area contributed by atoms with Crippen LogP contribution in [0.5, 0.6) is 0 Å². The highest BCUT2D eigenvalue weighted by molar-refractivity contribution is 8.00. The molecular weight excluding hydrogens is 182 g/mol. The number of amides is 1. The van der Waals surface area contributed by atoms with Crippen LogP contribution in [0, 0.1) is 11.3 Å². The summed E-state index contributed by atoms with van der Waals surface area (Å²) < 4.78 is 0. The van der Waals surface area contributed by atoms with Crippen LogP contribution in [0.3, 0.4) is 0 Å². The van der Waals surface area contributed by atoms with Crippen LogP contribution in [-0.2, 0) is 4.79 Å². The molecule has 0 N–H and O–H groups in total. The minimum absolute atomic E-state index is 0.157. The van der Waals surface area contributed by atoms with E-state index >= 15 is 0 Å². The number of carbonyl (C=O) groups excluding carboxylic acids is 1. The third kappa shape index (κ3) is 2.01. The Bertz CT molecular complexity index is 199. The van der Waals surface area contributed by atoms with Crippen LogP contribution in [0.1, 0.15) is 20.8 Å². The van der Waals surface area contributed by atoms with Gasteiger partial charge in [-0.25, -0.2) is 0 Å². The molecule has 0 aromatic heterocycles. The molecule has 76 valence electrons. The second kappa shape index (κ2) is 3.91. The number of rotatable bonds is 3. The van der Waals surface area contributed by atoms with Gasteiger partial charge >= 0.3 is 0 Å². The molecule has 1 aliphatic heterocycles. The molecule has 0 aromatic rings. The van der Waals surface area contributed by atoms with Crippen LogP contribution in [0.25, 0.3) is 0 Å². The van der Waals surface area contributed by atoms with Crippen LogP contribution in [-0.4, -0.2) is 35.9 Å². The Balaban J connectivity index is 2.61. The number of nitrogens with zero attached hydrogens (tertiary/aromatic N) is 1. The van der Waals surface area contributed by atoms with Gasteiger partial charge in [-0.15, -0.1) is 0 Å². The molecule has 1 amide bonds. The second-order valence-electron chi connectivity index (χ2n) is 4.28. The van der Waals surface area contributed by atoms with Gasteiger partial charge in [-0.1, -0.05) is 13.8 Å². The van der Waals surface area contributed by atoms with Gasteiger partial charge in [-0.2, -0.15) is 11.8 Å². The lowest BCUT2D eigenvalue weighted by Gasteiger charge is -2.40. The maximum Gasteiger partial charge on any atom is 0.228 e. The molecule has 0 aromatic carbocycles. The average Bonchev–Trinajstić information content (AvgIpc) is 1.97. The van der Waals surface area contributed by atoms with Crippen molar-refractivity contribution in [3.05, 3.63) is 0 Å². The fraction of sp³-hybridized carbons (Fsp3) is 0.900. The van der Waals surface area contributed by atoms with E-state index in [0.717, 1.165) is 18.1 Å². The van der Waals surface area contributed by atoms with Crippen LogP contribution in [0.4, 0.5) is 0 Å². The highest BCUT2D eigenvalue weighted by Gasteiger charge is 2.41. The van der Waals surface area contributed by atoms with E-state index in [-0.39, 0.29) is 5.41 Å². The smallest absolute Gasteiger partial charge is 0.228 e. The van der Waals surface area contributed by atoms with Crippen LogP contribution < -0.4 is 0 Å². The first kappa shape index (κ1) is 10.9. The standard InChI is InChI=1S/C10H19NOS/c1-5-11(4)9(12)10(2,3)8-6-13-7-8/h8H,5-7H2,1-4H3. The molecule has 13 heavy (non-hydrogen) atoms. The molecule has 0 spiro atoms. The van der Waals surface area contributed by atoms with Crippen molar-refractivity contribution in [1.82, 2.24) is 4.90 Å². The molecule has 0 saturated carbocycles. The summed E-state index contributed by atoms with van der Waals surface area (Å²) in [5, 5.41) is 0. The lowest BCUT2D eigenvalue weighted by atomic mass is 9.79. The van der Waals surface area contributed by atoms with Crippen molar-refractivity contribution >= 4 is 17.7 Å².